The van der Waals surface area contributed by atoms with Crippen LogP contribution in [0.25, 0.3) is 0 Å². The fourth-order valence-electron chi connectivity index (χ4n) is 1.66. The largest absolute Gasteiger partial charge is 0.418 e. The molecule has 0 aromatic heterocycles. The van der Waals surface area contributed by atoms with E-state index in [2.05, 4.69) is 21.2 Å². The molecule has 0 amide bonds. The molecule has 6 heteroatoms. The Bertz CT molecular complexity index is 432. The van der Waals surface area contributed by atoms with Gasteiger partial charge < -0.3 is 10.1 Å². The van der Waals surface area contributed by atoms with Crippen molar-refractivity contribution in [3.8, 4) is 0 Å². The fraction of sp³-hybridized carbons (Fsp3) is 0.538. The standard InChI is InChI=1S/C13H17BrF3NO/c1-4-19-12(2,3)8-18-11-6-5-9(14)7-10(11)13(15,16)17/h5-7,18H,4,8H2,1-3H3. The normalized spacial score (nSPS) is 12.6. The van der Waals surface area contributed by atoms with E-state index in [1.807, 2.05) is 20.8 Å². The van der Waals surface area contributed by atoms with E-state index in [9.17, 15) is 13.2 Å². The Balaban J connectivity index is 2.90. The summed E-state index contributed by atoms with van der Waals surface area (Å²) in [7, 11) is 0. The summed E-state index contributed by atoms with van der Waals surface area (Å²) in [6.45, 7) is 6.32. The summed E-state index contributed by atoms with van der Waals surface area (Å²) in [5.41, 5.74) is -1.15. The first-order chi connectivity index (χ1) is 8.65. The lowest BCUT2D eigenvalue weighted by molar-refractivity contribution is -0.137. The molecule has 0 aliphatic carbocycles. The molecular weight excluding hydrogens is 323 g/mol. The monoisotopic (exact) mass is 339 g/mol. The molecule has 1 rings (SSSR count). The molecule has 0 saturated carbocycles. The predicted molar refractivity (Wildman–Crippen MR) is 73.3 cm³/mol. The number of anilines is 1. The summed E-state index contributed by atoms with van der Waals surface area (Å²) < 4.78 is 44.6. The number of hydrogen-bond donors (Lipinski definition) is 1. The highest BCUT2D eigenvalue weighted by Gasteiger charge is 2.34. The number of benzene rings is 1. The molecule has 2 nitrogen and oxygen atoms in total. The van der Waals surface area contributed by atoms with Crippen molar-refractivity contribution in [2.75, 3.05) is 18.5 Å². The second-order valence-electron chi connectivity index (χ2n) is 4.73. The highest BCUT2D eigenvalue weighted by atomic mass is 79.9. The van der Waals surface area contributed by atoms with Crippen LogP contribution in [0.1, 0.15) is 26.3 Å². The molecule has 0 unspecified atom stereocenters. The van der Waals surface area contributed by atoms with Gasteiger partial charge in [-0.1, -0.05) is 15.9 Å². The Morgan fingerprint density at radius 2 is 1.89 bits per heavy atom. The molecule has 0 radical (unpaired) electrons. The zero-order valence-electron chi connectivity index (χ0n) is 11.1. The summed E-state index contributed by atoms with van der Waals surface area (Å²) in [4.78, 5) is 0. The first kappa shape index (κ1) is 16.3. The van der Waals surface area contributed by atoms with Crippen molar-refractivity contribution in [2.45, 2.75) is 32.5 Å². The van der Waals surface area contributed by atoms with Crippen LogP contribution in [-0.2, 0) is 10.9 Å². The van der Waals surface area contributed by atoms with Crippen LogP contribution >= 0.6 is 15.9 Å². The summed E-state index contributed by atoms with van der Waals surface area (Å²) in [6, 6.07) is 4.05. The van der Waals surface area contributed by atoms with E-state index < -0.39 is 17.3 Å². The minimum Gasteiger partial charge on any atom is -0.382 e. The van der Waals surface area contributed by atoms with Crippen LogP contribution < -0.4 is 5.32 Å². The first-order valence-electron chi connectivity index (χ1n) is 5.90. The average molecular weight is 340 g/mol. The van der Waals surface area contributed by atoms with E-state index in [1.54, 1.807) is 6.07 Å². The van der Waals surface area contributed by atoms with E-state index in [-0.39, 0.29) is 5.69 Å². The lowest BCUT2D eigenvalue weighted by Gasteiger charge is -2.26. The van der Waals surface area contributed by atoms with Crippen LogP contribution in [-0.4, -0.2) is 18.8 Å². The van der Waals surface area contributed by atoms with E-state index in [1.165, 1.54) is 6.07 Å². The van der Waals surface area contributed by atoms with Gasteiger partial charge >= 0.3 is 6.18 Å². The SMILES string of the molecule is CCOC(C)(C)CNc1ccc(Br)cc1C(F)(F)F. The fourth-order valence-corrected chi connectivity index (χ4v) is 2.02. The Morgan fingerprint density at radius 1 is 1.26 bits per heavy atom. The Hall–Kier alpha value is -0.750. The van der Waals surface area contributed by atoms with E-state index >= 15 is 0 Å². The maximum absolute atomic E-state index is 12.9. The zero-order chi connectivity index (χ0) is 14.7. The molecule has 0 aliphatic heterocycles. The van der Waals surface area contributed by atoms with Crippen LogP contribution in [0.5, 0.6) is 0 Å². The van der Waals surface area contributed by atoms with Crippen molar-refractivity contribution in [2.24, 2.45) is 0 Å². The third kappa shape index (κ3) is 5.03. The molecule has 0 bridgehead atoms. The van der Waals surface area contributed by atoms with Gasteiger partial charge in [0, 0.05) is 23.3 Å². The van der Waals surface area contributed by atoms with Gasteiger partial charge in [-0.2, -0.15) is 13.2 Å². The first-order valence-corrected chi connectivity index (χ1v) is 6.69. The van der Waals surface area contributed by atoms with Crippen molar-refractivity contribution in [1.29, 1.82) is 0 Å². The van der Waals surface area contributed by atoms with E-state index in [0.717, 1.165) is 6.07 Å². The van der Waals surface area contributed by atoms with Gasteiger partial charge in [-0.15, -0.1) is 0 Å². The van der Waals surface area contributed by atoms with Crippen LogP contribution in [0.2, 0.25) is 0 Å². The molecule has 1 N–H and O–H groups in total. The molecule has 0 saturated heterocycles. The van der Waals surface area contributed by atoms with Crippen molar-refractivity contribution in [3.05, 3.63) is 28.2 Å². The Morgan fingerprint density at radius 3 is 2.42 bits per heavy atom. The van der Waals surface area contributed by atoms with Crippen LogP contribution in [0.3, 0.4) is 0 Å². The van der Waals surface area contributed by atoms with Gasteiger partial charge in [0.05, 0.1) is 11.2 Å². The van der Waals surface area contributed by atoms with Crippen LogP contribution in [0.15, 0.2) is 22.7 Å². The number of nitrogens with one attached hydrogen (secondary N) is 1. The van der Waals surface area contributed by atoms with Gasteiger partial charge in [-0.05, 0) is 39.0 Å². The quantitative estimate of drug-likeness (QED) is 0.839. The topological polar surface area (TPSA) is 21.3 Å². The van der Waals surface area contributed by atoms with Gasteiger partial charge in [-0.25, -0.2) is 0 Å². The number of alkyl halides is 3. The molecule has 0 atom stereocenters. The highest BCUT2D eigenvalue weighted by Crippen LogP contribution is 2.36. The molecule has 0 spiro atoms. The number of halogens is 4. The van der Waals surface area contributed by atoms with E-state index in [4.69, 9.17) is 4.74 Å². The van der Waals surface area contributed by atoms with Gasteiger partial charge in [0.25, 0.3) is 0 Å². The predicted octanol–water partition coefficient (Wildman–Crippen LogP) is 4.69. The van der Waals surface area contributed by atoms with Gasteiger partial charge in [0.2, 0.25) is 0 Å². The number of hydrogen-bond acceptors (Lipinski definition) is 2. The van der Waals surface area contributed by atoms with Gasteiger partial charge in [0.15, 0.2) is 0 Å². The Kier molecular flexibility index (Phi) is 5.26. The number of ether oxygens (including phenoxy) is 1. The maximum Gasteiger partial charge on any atom is 0.418 e. The smallest absolute Gasteiger partial charge is 0.382 e. The van der Waals surface area contributed by atoms with Gasteiger partial charge in [0.1, 0.15) is 0 Å². The van der Waals surface area contributed by atoms with Crippen LogP contribution in [0.4, 0.5) is 18.9 Å². The molecular formula is C13H17BrF3NO. The minimum absolute atomic E-state index is 0.0588. The second kappa shape index (κ2) is 6.13. The highest BCUT2D eigenvalue weighted by molar-refractivity contribution is 9.10. The lowest BCUT2D eigenvalue weighted by atomic mass is 10.1. The van der Waals surface area contributed by atoms with Crippen molar-refractivity contribution in [3.63, 3.8) is 0 Å². The van der Waals surface area contributed by atoms with Crippen molar-refractivity contribution in [1.82, 2.24) is 0 Å². The van der Waals surface area contributed by atoms with E-state index in [0.29, 0.717) is 17.6 Å². The molecule has 1 aromatic rings. The zero-order valence-corrected chi connectivity index (χ0v) is 12.7. The summed E-state index contributed by atoms with van der Waals surface area (Å²) in [5.74, 6) is 0. The van der Waals surface area contributed by atoms with Crippen molar-refractivity contribution >= 4 is 21.6 Å². The van der Waals surface area contributed by atoms with Gasteiger partial charge in [-0.3, -0.25) is 0 Å². The molecule has 0 aliphatic rings. The summed E-state index contributed by atoms with van der Waals surface area (Å²) in [6.07, 6.45) is -4.39. The lowest BCUT2D eigenvalue weighted by Crippen LogP contribution is -2.33. The Labute approximate surface area is 119 Å². The summed E-state index contributed by atoms with van der Waals surface area (Å²) in [5, 5.41) is 2.81. The maximum atomic E-state index is 12.9. The third-order valence-corrected chi connectivity index (χ3v) is 3.02. The molecule has 0 fully saturated rings. The summed E-state index contributed by atoms with van der Waals surface area (Å²) >= 11 is 3.05. The van der Waals surface area contributed by atoms with Crippen LogP contribution in [0, 0.1) is 0 Å². The molecule has 19 heavy (non-hydrogen) atoms. The molecule has 108 valence electrons. The average Bonchev–Trinajstić information content (AvgIpc) is 2.26. The minimum atomic E-state index is -4.39. The molecule has 0 heterocycles. The third-order valence-electron chi connectivity index (χ3n) is 2.53. The second-order valence-corrected chi connectivity index (χ2v) is 5.65. The van der Waals surface area contributed by atoms with Crippen molar-refractivity contribution < 1.29 is 17.9 Å². The molecule has 1 aromatic carbocycles. The number of rotatable bonds is 5.